The van der Waals surface area contributed by atoms with Gasteiger partial charge < -0.3 is 25.5 Å². The molecule has 168 valence electrons. The van der Waals surface area contributed by atoms with E-state index in [4.69, 9.17) is 4.99 Å². The summed E-state index contributed by atoms with van der Waals surface area (Å²) in [5.41, 5.74) is 0. The Morgan fingerprint density at radius 3 is 2.52 bits per heavy atom. The monoisotopic (exact) mass is 521 g/mol. The molecule has 29 heavy (non-hydrogen) atoms. The predicted molar refractivity (Wildman–Crippen MR) is 128 cm³/mol. The molecule has 0 bridgehead atoms. The van der Waals surface area contributed by atoms with E-state index in [1.165, 1.54) is 12.8 Å². The van der Waals surface area contributed by atoms with Crippen LogP contribution in [0, 0.1) is 5.92 Å². The number of halogens is 1. The fraction of sp³-hybridized carbons (Fsp3) is 0.905. The highest BCUT2D eigenvalue weighted by Crippen LogP contribution is 2.27. The lowest BCUT2D eigenvalue weighted by atomic mass is 10.1. The lowest BCUT2D eigenvalue weighted by Gasteiger charge is -2.29. The van der Waals surface area contributed by atoms with Crippen molar-refractivity contribution in [2.24, 2.45) is 10.9 Å². The zero-order chi connectivity index (χ0) is 19.8. The van der Waals surface area contributed by atoms with Crippen molar-refractivity contribution in [3.8, 4) is 0 Å². The Labute approximate surface area is 193 Å². The third-order valence-corrected chi connectivity index (χ3v) is 6.35. The molecule has 0 aromatic carbocycles. The number of rotatable bonds is 7. The van der Waals surface area contributed by atoms with Gasteiger partial charge in [0, 0.05) is 51.2 Å². The van der Waals surface area contributed by atoms with Crippen molar-refractivity contribution >= 4 is 35.8 Å². The second-order valence-corrected chi connectivity index (χ2v) is 8.58. The molecule has 7 nitrogen and oxygen atoms in total. The van der Waals surface area contributed by atoms with E-state index in [0.717, 1.165) is 90.3 Å². The van der Waals surface area contributed by atoms with Gasteiger partial charge in [0.15, 0.2) is 5.96 Å². The summed E-state index contributed by atoms with van der Waals surface area (Å²) < 4.78 is 0. The number of guanidine groups is 1. The maximum Gasteiger partial charge on any atom is 0.225 e. The van der Waals surface area contributed by atoms with Crippen LogP contribution in [-0.4, -0.2) is 84.7 Å². The third kappa shape index (κ3) is 7.86. The van der Waals surface area contributed by atoms with Gasteiger partial charge in [0.2, 0.25) is 5.91 Å². The van der Waals surface area contributed by atoms with Gasteiger partial charge in [-0.15, -0.1) is 24.0 Å². The van der Waals surface area contributed by atoms with E-state index in [9.17, 15) is 9.90 Å². The van der Waals surface area contributed by atoms with Crippen LogP contribution in [-0.2, 0) is 4.79 Å². The maximum atomic E-state index is 12.6. The number of piperidine rings is 1. The van der Waals surface area contributed by atoms with Crippen LogP contribution in [0.1, 0.15) is 58.3 Å². The van der Waals surface area contributed by atoms with E-state index in [1.807, 2.05) is 0 Å². The topological polar surface area (TPSA) is 80.2 Å². The third-order valence-electron chi connectivity index (χ3n) is 6.35. The number of nitrogens with one attached hydrogen (secondary N) is 2. The quantitative estimate of drug-likeness (QED) is 0.206. The molecule has 0 radical (unpaired) electrons. The Kier molecular flexibility index (Phi) is 11.0. The van der Waals surface area contributed by atoms with Gasteiger partial charge in [-0.1, -0.05) is 12.8 Å². The van der Waals surface area contributed by atoms with Crippen molar-refractivity contribution < 1.29 is 9.90 Å². The van der Waals surface area contributed by atoms with Gasteiger partial charge in [0.1, 0.15) is 0 Å². The number of hydrogen-bond donors (Lipinski definition) is 3. The number of carbonyl (C=O) groups is 1. The van der Waals surface area contributed by atoms with Gasteiger partial charge in [0.25, 0.3) is 0 Å². The zero-order valence-corrected chi connectivity index (χ0v) is 20.3. The number of carbonyl (C=O) groups excluding carboxylic acids is 1. The van der Waals surface area contributed by atoms with Crippen LogP contribution in [0.5, 0.6) is 0 Å². The molecular weight excluding hydrogens is 481 g/mol. The second kappa shape index (κ2) is 12.9. The fourth-order valence-electron chi connectivity index (χ4n) is 4.65. The van der Waals surface area contributed by atoms with Gasteiger partial charge >= 0.3 is 0 Å². The molecule has 1 amide bonds. The van der Waals surface area contributed by atoms with Crippen LogP contribution in [0.15, 0.2) is 4.99 Å². The number of nitrogens with zero attached hydrogens (tertiary/aromatic N) is 3. The van der Waals surface area contributed by atoms with Gasteiger partial charge in [-0.25, -0.2) is 0 Å². The molecule has 3 fully saturated rings. The van der Waals surface area contributed by atoms with Crippen molar-refractivity contribution in [2.75, 3.05) is 45.8 Å². The zero-order valence-electron chi connectivity index (χ0n) is 17.9. The highest BCUT2D eigenvalue weighted by atomic mass is 127. The van der Waals surface area contributed by atoms with E-state index >= 15 is 0 Å². The molecular formula is C21H40IN5O2. The van der Waals surface area contributed by atoms with Crippen molar-refractivity contribution in [2.45, 2.75) is 70.4 Å². The Morgan fingerprint density at radius 1 is 1.10 bits per heavy atom. The Morgan fingerprint density at radius 2 is 1.83 bits per heavy atom. The minimum atomic E-state index is -0.106. The Bertz CT molecular complexity index is 519. The van der Waals surface area contributed by atoms with E-state index < -0.39 is 0 Å². The summed E-state index contributed by atoms with van der Waals surface area (Å²) in [6.07, 6.45) is 8.29. The first-order chi connectivity index (χ1) is 13.7. The first-order valence-electron chi connectivity index (χ1n) is 11.4. The van der Waals surface area contributed by atoms with Crippen molar-refractivity contribution in [1.29, 1.82) is 0 Å². The molecule has 0 aromatic rings. The Hall–Kier alpha value is -0.610. The molecule has 1 atom stereocenters. The van der Waals surface area contributed by atoms with Gasteiger partial charge in [0.05, 0.1) is 6.10 Å². The number of likely N-dealkylation sites (tertiary alicyclic amines) is 2. The maximum absolute atomic E-state index is 12.6. The predicted octanol–water partition coefficient (Wildman–Crippen LogP) is 1.80. The molecule has 8 heteroatoms. The van der Waals surface area contributed by atoms with E-state index in [0.29, 0.717) is 11.9 Å². The second-order valence-electron chi connectivity index (χ2n) is 8.58. The first kappa shape index (κ1) is 24.7. The normalized spacial score (nSPS) is 24.6. The van der Waals surface area contributed by atoms with Crippen LogP contribution >= 0.6 is 24.0 Å². The lowest BCUT2D eigenvalue weighted by molar-refractivity contribution is -0.134. The van der Waals surface area contributed by atoms with Gasteiger partial charge in [-0.3, -0.25) is 9.79 Å². The average Bonchev–Trinajstić information content (AvgIpc) is 3.38. The number of aliphatic imine (C=N–C) groups is 1. The molecule has 1 saturated carbocycles. The largest absolute Gasteiger partial charge is 0.393 e. The summed E-state index contributed by atoms with van der Waals surface area (Å²) in [5, 5.41) is 16.5. The molecule has 3 aliphatic rings. The lowest BCUT2D eigenvalue weighted by Crippen LogP contribution is -2.45. The molecule has 3 rings (SSSR count). The van der Waals surface area contributed by atoms with Crippen LogP contribution in [0.3, 0.4) is 0 Å². The standard InChI is InChI=1S/C21H39N5O2.HI/c1-2-22-21(23-11-5-12-25-13-9-19(27)10-14-25)24-18-8-15-26(16-18)20(28)17-6-3-4-7-17;/h17-19,27H,2-16H2,1H3,(H2,22,23,24);1H. The first-order valence-corrected chi connectivity index (χ1v) is 11.4. The summed E-state index contributed by atoms with van der Waals surface area (Å²) in [5.74, 6) is 1.52. The summed E-state index contributed by atoms with van der Waals surface area (Å²) in [6, 6.07) is 0.298. The summed E-state index contributed by atoms with van der Waals surface area (Å²) in [4.78, 5) is 21.8. The molecule has 0 spiro atoms. The molecule has 2 heterocycles. The van der Waals surface area contributed by atoms with Gasteiger partial charge in [-0.05, 0) is 52.0 Å². The SMILES string of the molecule is CCNC(=NCCCN1CCC(O)CC1)NC1CCN(C(=O)C2CCCC2)C1.I. The fourth-order valence-corrected chi connectivity index (χ4v) is 4.65. The molecule has 1 aliphatic carbocycles. The smallest absolute Gasteiger partial charge is 0.225 e. The highest BCUT2D eigenvalue weighted by Gasteiger charge is 2.32. The van der Waals surface area contributed by atoms with Crippen LogP contribution in [0.25, 0.3) is 0 Å². The molecule has 0 aromatic heterocycles. The summed E-state index contributed by atoms with van der Waals surface area (Å²) in [6.45, 7) is 8.43. The molecule has 2 saturated heterocycles. The highest BCUT2D eigenvalue weighted by molar-refractivity contribution is 14.0. The number of aliphatic hydroxyl groups is 1. The van der Waals surface area contributed by atoms with Crippen molar-refractivity contribution in [3.63, 3.8) is 0 Å². The van der Waals surface area contributed by atoms with E-state index in [-0.39, 0.29) is 36.0 Å². The number of amides is 1. The molecule has 1 unspecified atom stereocenters. The van der Waals surface area contributed by atoms with Gasteiger partial charge in [-0.2, -0.15) is 0 Å². The number of aliphatic hydroxyl groups excluding tert-OH is 1. The van der Waals surface area contributed by atoms with E-state index in [2.05, 4.69) is 27.4 Å². The summed E-state index contributed by atoms with van der Waals surface area (Å²) in [7, 11) is 0. The van der Waals surface area contributed by atoms with Crippen LogP contribution in [0.4, 0.5) is 0 Å². The number of hydrogen-bond acceptors (Lipinski definition) is 4. The minimum absolute atomic E-state index is 0. The molecule has 2 aliphatic heterocycles. The summed E-state index contributed by atoms with van der Waals surface area (Å²) >= 11 is 0. The molecule has 3 N–H and O–H groups in total. The van der Waals surface area contributed by atoms with Crippen molar-refractivity contribution in [1.82, 2.24) is 20.4 Å². The van der Waals surface area contributed by atoms with E-state index in [1.54, 1.807) is 0 Å². The van der Waals surface area contributed by atoms with Crippen LogP contribution < -0.4 is 10.6 Å². The van der Waals surface area contributed by atoms with Crippen LogP contribution in [0.2, 0.25) is 0 Å². The van der Waals surface area contributed by atoms with Crippen molar-refractivity contribution in [3.05, 3.63) is 0 Å². The Balaban J connectivity index is 0.00000300. The minimum Gasteiger partial charge on any atom is -0.393 e. The average molecular weight is 521 g/mol.